The number of ether oxygens (including phenoxy) is 1. The van der Waals surface area contributed by atoms with Crippen LogP contribution < -0.4 is 9.46 Å². The molecule has 8 nitrogen and oxygen atoms in total. The number of amides is 1. The highest BCUT2D eigenvalue weighted by atomic mass is 35.5. The third-order valence-electron chi connectivity index (χ3n) is 6.82. The van der Waals surface area contributed by atoms with Crippen LogP contribution in [0.25, 0.3) is 0 Å². The van der Waals surface area contributed by atoms with Gasteiger partial charge in [-0.2, -0.15) is 13.2 Å². The first-order valence-corrected chi connectivity index (χ1v) is 15.6. The highest BCUT2D eigenvalue weighted by Crippen LogP contribution is 2.45. The summed E-state index contributed by atoms with van der Waals surface area (Å²) in [6.07, 6.45) is -0.369. The van der Waals surface area contributed by atoms with Crippen LogP contribution in [0.15, 0.2) is 30.3 Å². The van der Waals surface area contributed by atoms with Crippen molar-refractivity contribution >= 4 is 45.1 Å². The molecule has 0 bridgehead atoms. The van der Waals surface area contributed by atoms with E-state index in [0.717, 1.165) is 56.2 Å². The molecule has 1 unspecified atom stereocenters. The highest BCUT2D eigenvalue weighted by molar-refractivity contribution is 7.89. The minimum atomic E-state index is -5.08. The first kappa shape index (κ1) is 33.9. The third-order valence-corrected chi connectivity index (χ3v) is 7.81. The molecule has 0 radical (unpaired) electrons. The summed E-state index contributed by atoms with van der Waals surface area (Å²) in [5.41, 5.74) is 1.52. The van der Waals surface area contributed by atoms with Crippen LogP contribution in [0.4, 0.5) is 17.6 Å². The van der Waals surface area contributed by atoms with E-state index in [4.69, 9.17) is 37.8 Å². The van der Waals surface area contributed by atoms with E-state index in [-0.39, 0.29) is 23.4 Å². The van der Waals surface area contributed by atoms with Crippen molar-refractivity contribution < 1.29 is 45.4 Å². The fourth-order valence-electron chi connectivity index (χ4n) is 4.63. The Morgan fingerprint density at radius 1 is 1.12 bits per heavy atom. The number of likely N-dealkylation sites (tertiary alicyclic amines) is 1. The number of sulfonamides is 1. The van der Waals surface area contributed by atoms with Gasteiger partial charge in [0, 0.05) is 34.6 Å². The zero-order chi connectivity index (χ0) is 31.4. The van der Waals surface area contributed by atoms with Crippen LogP contribution in [0.2, 0.25) is 10.0 Å². The lowest BCUT2D eigenvalue weighted by molar-refractivity contribution is -0.192. The zero-order valence-corrected chi connectivity index (χ0v) is 25.0. The second-order valence-electron chi connectivity index (χ2n) is 10.3. The van der Waals surface area contributed by atoms with Crippen LogP contribution in [0.3, 0.4) is 0 Å². The second-order valence-corrected chi connectivity index (χ2v) is 13.0. The van der Waals surface area contributed by atoms with Crippen LogP contribution in [0, 0.1) is 11.7 Å². The van der Waals surface area contributed by atoms with Gasteiger partial charge in [-0.05, 0) is 80.5 Å². The SMILES string of the molecule is CC(c1cc(Cl)cc(Cl)c1)N1CCC[C@H](COc2cc(F)c(C(=O)NS(C)(=O)=O)cc2C2CC2)C1.O=C(O)C(F)(F)F. The summed E-state index contributed by atoms with van der Waals surface area (Å²) in [6.45, 7) is 4.33. The molecule has 42 heavy (non-hydrogen) atoms. The van der Waals surface area contributed by atoms with Crippen molar-refractivity contribution in [1.29, 1.82) is 0 Å². The first-order chi connectivity index (χ1) is 19.4. The maximum atomic E-state index is 14.8. The number of carbonyl (C=O) groups excluding carboxylic acids is 1. The van der Waals surface area contributed by atoms with Gasteiger partial charge >= 0.3 is 12.1 Å². The van der Waals surface area contributed by atoms with Crippen molar-refractivity contribution in [2.24, 2.45) is 5.92 Å². The lowest BCUT2D eigenvalue weighted by Crippen LogP contribution is -2.39. The van der Waals surface area contributed by atoms with Crippen molar-refractivity contribution in [2.45, 2.75) is 50.7 Å². The molecule has 1 aliphatic carbocycles. The number of aliphatic carboxylic acids is 1. The molecule has 2 N–H and O–H groups in total. The van der Waals surface area contributed by atoms with Gasteiger partial charge in [-0.1, -0.05) is 23.2 Å². The topological polar surface area (TPSA) is 113 Å². The Hall–Kier alpha value is -2.61. The maximum Gasteiger partial charge on any atom is 0.490 e. The maximum absolute atomic E-state index is 14.8. The van der Waals surface area contributed by atoms with E-state index >= 15 is 0 Å². The van der Waals surface area contributed by atoms with Gasteiger partial charge < -0.3 is 9.84 Å². The summed E-state index contributed by atoms with van der Waals surface area (Å²) in [5.74, 6) is -3.67. The molecular weight excluding hydrogens is 627 g/mol. The number of carbonyl (C=O) groups is 2. The molecule has 1 saturated heterocycles. The van der Waals surface area contributed by atoms with E-state index in [0.29, 0.717) is 22.4 Å². The fourth-order valence-corrected chi connectivity index (χ4v) is 5.62. The molecule has 2 aromatic rings. The molecule has 1 amide bonds. The predicted molar refractivity (Wildman–Crippen MR) is 149 cm³/mol. The van der Waals surface area contributed by atoms with Crippen LogP contribution in [0.5, 0.6) is 5.75 Å². The monoisotopic (exact) mass is 656 g/mol. The number of halogens is 6. The lowest BCUT2D eigenvalue weighted by atomic mass is 9.95. The Labute approximate surface area is 251 Å². The number of rotatable bonds is 8. The van der Waals surface area contributed by atoms with Crippen molar-refractivity contribution in [3.05, 3.63) is 62.9 Å². The number of carboxylic acids is 1. The van der Waals surface area contributed by atoms with Crippen LogP contribution in [-0.2, 0) is 14.8 Å². The Bertz CT molecular complexity index is 1400. The molecule has 1 heterocycles. The summed E-state index contributed by atoms with van der Waals surface area (Å²) in [4.78, 5) is 23.5. The quantitative estimate of drug-likeness (QED) is 0.326. The predicted octanol–water partition coefficient (Wildman–Crippen LogP) is 6.18. The number of benzene rings is 2. The fraction of sp³-hybridized carbons (Fsp3) is 0.481. The second kappa shape index (κ2) is 13.8. The van der Waals surface area contributed by atoms with Gasteiger partial charge in [0.1, 0.15) is 11.6 Å². The Kier molecular flexibility index (Phi) is 11.1. The summed E-state index contributed by atoms with van der Waals surface area (Å²) in [6, 6.07) is 8.37. The van der Waals surface area contributed by atoms with E-state index in [2.05, 4.69) is 11.8 Å². The molecule has 1 aliphatic heterocycles. The summed E-state index contributed by atoms with van der Waals surface area (Å²) >= 11 is 12.4. The van der Waals surface area contributed by atoms with Crippen molar-refractivity contribution in [3.8, 4) is 5.75 Å². The molecule has 2 aromatic carbocycles. The van der Waals surface area contributed by atoms with Gasteiger partial charge in [-0.15, -0.1) is 0 Å². The van der Waals surface area contributed by atoms with Crippen molar-refractivity contribution in [3.63, 3.8) is 0 Å². The normalized spacial score (nSPS) is 18.4. The van der Waals surface area contributed by atoms with Gasteiger partial charge in [0.15, 0.2) is 0 Å². The van der Waals surface area contributed by atoms with Crippen molar-refractivity contribution in [1.82, 2.24) is 9.62 Å². The van der Waals surface area contributed by atoms with E-state index in [1.54, 1.807) is 6.07 Å². The van der Waals surface area contributed by atoms with Crippen LogP contribution in [-0.4, -0.2) is 62.4 Å². The smallest absolute Gasteiger partial charge is 0.490 e. The van der Waals surface area contributed by atoms with E-state index in [1.807, 2.05) is 16.9 Å². The van der Waals surface area contributed by atoms with Gasteiger partial charge in [0.2, 0.25) is 10.0 Å². The molecular formula is C27H30Cl2F4N2O6S. The Morgan fingerprint density at radius 3 is 2.24 bits per heavy atom. The standard InChI is InChI=1S/C25H29Cl2FN2O4S.C2HF3O2/c1-15(18-8-19(26)10-20(27)9-18)30-7-3-4-16(13-30)14-34-24-12-23(28)22(11-21(24)17-5-6-17)25(31)29-35(2,32)33;3-2(4,5)1(6)7/h8-12,15-17H,3-7,13-14H2,1-2H3,(H,29,31);(H,6,7)/t15?,16-;/m0./s1. The van der Waals surface area contributed by atoms with Crippen molar-refractivity contribution in [2.75, 3.05) is 26.0 Å². The Balaban J connectivity index is 0.000000616. The number of nitrogens with zero attached hydrogens (tertiary/aromatic N) is 1. The van der Waals surface area contributed by atoms with Gasteiger partial charge in [-0.3, -0.25) is 9.69 Å². The van der Waals surface area contributed by atoms with E-state index < -0.39 is 33.9 Å². The molecule has 0 spiro atoms. The number of carboxylic acid groups (broad SMARTS) is 1. The first-order valence-electron chi connectivity index (χ1n) is 12.9. The lowest BCUT2D eigenvalue weighted by Gasteiger charge is -2.37. The number of alkyl halides is 3. The number of piperidine rings is 1. The minimum absolute atomic E-state index is 0.140. The van der Waals surface area contributed by atoms with E-state index in [1.165, 1.54) is 12.1 Å². The third kappa shape index (κ3) is 9.99. The molecule has 15 heteroatoms. The average molecular weight is 658 g/mol. The largest absolute Gasteiger partial charge is 0.493 e. The summed E-state index contributed by atoms with van der Waals surface area (Å²) in [7, 11) is -3.79. The van der Waals surface area contributed by atoms with E-state index in [9.17, 15) is 30.8 Å². The molecule has 2 atom stereocenters. The van der Waals surface area contributed by atoms with Crippen LogP contribution in [0.1, 0.15) is 66.1 Å². The number of hydrogen-bond donors (Lipinski definition) is 2. The molecule has 2 fully saturated rings. The average Bonchev–Trinajstić information content (AvgIpc) is 3.71. The van der Waals surface area contributed by atoms with Gasteiger partial charge in [-0.25, -0.2) is 22.3 Å². The van der Waals surface area contributed by atoms with Crippen LogP contribution >= 0.6 is 23.2 Å². The molecule has 1 saturated carbocycles. The molecule has 4 rings (SSSR count). The highest BCUT2D eigenvalue weighted by Gasteiger charge is 2.38. The van der Waals surface area contributed by atoms with Gasteiger partial charge in [0.05, 0.1) is 18.4 Å². The van der Waals surface area contributed by atoms with Gasteiger partial charge in [0.25, 0.3) is 5.91 Å². The zero-order valence-electron chi connectivity index (χ0n) is 22.7. The minimum Gasteiger partial charge on any atom is -0.493 e. The molecule has 0 aromatic heterocycles. The number of hydrogen-bond acceptors (Lipinski definition) is 6. The number of nitrogens with one attached hydrogen (secondary N) is 1. The Morgan fingerprint density at radius 2 is 1.71 bits per heavy atom. The molecule has 2 aliphatic rings. The summed E-state index contributed by atoms with van der Waals surface area (Å²) < 4.78 is 77.2. The molecule has 232 valence electrons. The summed E-state index contributed by atoms with van der Waals surface area (Å²) in [5, 5.41) is 8.35.